The smallest absolute Gasteiger partial charge is 0.326 e. The van der Waals surface area contributed by atoms with Crippen LogP contribution < -0.4 is 5.32 Å². The van der Waals surface area contributed by atoms with E-state index in [1.54, 1.807) is 0 Å². The predicted octanol–water partition coefficient (Wildman–Crippen LogP) is 2.82. The summed E-state index contributed by atoms with van der Waals surface area (Å²) in [5.41, 5.74) is -0.183. The summed E-state index contributed by atoms with van der Waals surface area (Å²) in [5.74, 6) is -2.46. The van der Waals surface area contributed by atoms with Gasteiger partial charge in [0.1, 0.15) is 11.9 Å². The van der Waals surface area contributed by atoms with E-state index in [4.69, 9.17) is 5.11 Å². The number of carboxylic acids is 1. The van der Waals surface area contributed by atoms with Crippen molar-refractivity contribution in [3.05, 3.63) is 34.1 Å². The summed E-state index contributed by atoms with van der Waals surface area (Å²) in [4.78, 5) is 23.0. The van der Waals surface area contributed by atoms with E-state index in [0.29, 0.717) is 4.47 Å². The molecule has 0 aliphatic heterocycles. The molecule has 104 valence electrons. The molecule has 1 aromatic rings. The Hall–Kier alpha value is -1.43. The molecule has 0 heterocycles. The van der Waals surface area contributed by atoms with Crippen LogP contribution in [0.2, 0.25) is 0 Å². The Morgan fingerprint density at radius 1 is 1.42 bits per heavy atom. The molecular formula is C13H15BrFNO3. The number of amides is 1. The van der Waals surface area contributed by atoms with Gasteiger partial charge in [-0.15, -0.1) is 0 Å². The molecule has 0 bridgehead atoms. The second-order valence-corrected chi connectivity index (χ2v) is 5.44. The molecule has 0 radical (unpaired) electrons. The van der Waals surface area contributed by atoms with Gasteiger partial charge >= 0.3 is 5.97 Å². The first-order chi connectivity index (χ1) is 8.82. The number of halogens is 2. The molecule has 1 aromatic carbocycles. The number of carbonyl (C=O) groups is 2. The molecule has 1 atom stereocenters. The van der Waals surface area contributed by atoms with Crippen LogP contribution in [-0.2, 0) is 4.79 Å². The van der Waals surface area contributed by atoms with Crippen LogP contribution in [-0.4, -0.2) is 23.0 Å². The van der Waals surface area contributed by atoms with Crippen LogP contribution in [0.5, 0.6) is 0 Å². The molecule has 0 fully saturated rings. The van der Waals surface area contributed by atoms with Crippen LogP contribution in [0.25, 0.3) is 0 Å². The van der Waals surface area contributed by atoms with E-state index in [-0.39, 0.29) is 17.9 Å². The molecule has 6 heteroatoms. The van der Waals surface area contributed by atoms with E-state index in [2.05, 4.69) is 21.2 Å². The van der Waals surface area contributed by atoms with Crippen molar-refractivity contribution in [2.45, 2.75) is 26.3 Å². The van der Waals surface area contributed by atoms with E-state index in [1.165, 1.54) is 12.1 Å². The molecule has 0 aromatic heterocycles. The second-order valence-electron chi connectivity index (χ2n) is 4.59. The fourth-order valence-electron chi connectivity index (χ4n) is 1.64. The van der Waals surface area contributed by atoms with Gasteiger partial charge in [-0.3, -0.25) is 4.79 Å². The minimum Gasteiger partial charge on any atom is -0.480 e. The number of rotatable bonds is 5. The Morgan fingerprint density at radius 3 is 2.53 bits per heavy atom. The van der Waals surface area contributed by atoms with Crippen molar-refractivity contribution in [1.29, 1.82) is 0 Å². The van der Waals surface area contributed by atoms with E-state index in [9.17, 15) is 14.0 Å². The number of hydrogen-bond acceptors (Lipinski definition) is 2. The molecule has 4 nitrogen and oxygen atoms in total. The number of benzene rings is 1. The highest BCUT2D eigenvalue weighted by atomic mass is 79.9. The predicted molar refractivity (Wildman–Crippen MR) is 72.4 cm³/mol. The van der Waals surface area contributed by atoms with Gasteiger partial charge in [-0.05, 0) is 40.4 Å². The van der Waals surface area contributed by atoms with Gasteiger partial charge in [-0.2, -0.15) is 0 Å². The third-order valence-corrected chi connectivity index (χ3v) is 3.16. The van der Waals surface area contributed by atoms with Gasteiger partial charge in [0.15, 0.2) is 0 Å². The second kappa shape index (κ2) is 6.65. The van der Waals surface area contributed by atoms with Crippen LogP contribution in [0.3, 0.4) is 0 Å². The molecule has 19 heavy (non-hydrogen) atoms. The van der Waals surface area contributed by atoms with Crippen LogP contribution in [0.15, 0.2) is 22.7 Å². The molecule has 2 N–H and O–H groups in total. The molecule has 0 saturated heterocycles. The maximum Gasteiger partial charge on any atom is 0.326 e. The fraction of sp³-hybridized carbons (Fsp3) is 0.385. The number of aliphatic carboxylic acids is 1. The quantitative estimate of drug-likeness (QED) is 0.871. The van der Waals surface area contributed by atoms with Crippen molar-refractivity contribution < 1.29 is 19.1 Å². The van der Waals surface area contributed by atoms with Crippen molar-refractivity contribution in [2.24, 2.45) is 5.92 Å². The molecule has 0 saturated carbocycles. The van der Waals surface area contributed by atoms with Crippen molar-refractivity contribution in [3.8, 4) is 0 Å². The molecule has 1 amide bonds. The summed E-state index contributed by atoms with van der Waals surface area (Å²) in [5, 5.41) is 11.4. The zero-order valence-electron chi connectivity index (χ0n) is 10.6. The summed E-state index contributed by atoms with van der Waals surface area (Å²) in [6, 6.07) is 3.10. The van der Waals surface area contributed by atoms with Gasteiger partial charge in [0.25, 0.3) is 5.91 Å². The Kier molecular flexibility index (Phi) is 5.47. The first-order valence-corrected chi connectivity index (χ1v) is 6.60. The van der Waals surface area contributed by atoms with Gasteiger partial charge in [-0.25, -0.2) is 9.18 Å². The lowest BCUT2D eigenvalue weighted by Crippen LogP contribution is -2.42. The number of hydrogen-bond donors (Lipinski definition) is 2. The van der Waals surface area contributed by atoms with Gasteiger partial charge in [-0.1, -0.05) is 19.9 Å². The molecule has 0 unspecified atom stereocenters. The monoisotopic (exact) mass is 331 g/mol. The van der Waals surface area contributed by atoms with Crippen molar-refractivity contribution in [1.82, 2.24) is 5.32 Å². The van der Waals surface area contributed by atoms with E-state index in [0.717, 1.165) is 6.07 Å². The lowest BCUT2D eigenvalue weighted by molar-refractivity contribution is -0.139. The number of nitrogens with one attached hydrogen (secondary N) is 1. The summed E-state index contributed by atoms with van der Waals surface area (Å²) in [6.45, 7) is 3.70. The average Bonchev–Trinajstić information content (AvgIpc) is 2.27. The molecular weight excluding hydrogens is 317 g/mol. The van der Waals surface area contributed by atoms with Gasteiger partial charge in [0, 0.05) is 4.47 Å². The standard InChI is InChI=1S/C13H15BrFNO3/c1-7(2)6-10(13(18)19)16-12(17)11-8(14)4-3-5-9(11)15/h3-5,7,10H,6H2,1-2H3,(H,16,17)(H,18,19)/t10-/m1/s1. The minimum atomic E-state index is -1.13. The summed E-state index contributed by atoms with van der Waals surface area (Å²) in [6.07, 6.45) is 0.285. The van der Waals surface area contributed by atoms with Crippen LogP contribution in [0, 0.1) is 11.7 Å². The number of carboxylic acid groups (broad SMARTS) is 1. The Balaban J connectivity index is 2.91. The SMILES string of the molecule is CC(C)C[C@@H](NC(=O)c1c(F)cccc1Br)C(=O)O. The Bertz CT molecular complexity index is 471. The van der Waals surface area contributed by atoms with Gasteiger partial charge < -0.3 is 10.4 Å². The van der Waals surface area contributed by atoms with Gasteiger partial charge in [0.2, 0.25) is 0 Å². The van der Waals surface area contributed by atoms with E-state index >= 15 is 0 Å². The highest BCUT2D eigenvalue weighted by Gasteiger charge is 2.24. The highest BCUT2D eigenvalue weighted by molar-refractivity contribution is 9.10. The summed E-state index contributed by atoms with van der Waals surface area (Å²) in [7, 11) is 0. The molecule has 0 aliphatic carbocycles. The highest BCUT2D eigenvalue weighted by Crippen LogP contribution is 2.20. The van der Waals surface area contributed by atoms with Gasteiger partial charge in [0.05, 0.1) is 5.56 Å². The van der Waals surface area contributed by atoms with Crippen LogP contribution in [0.1, 0.15) is 30.6 Å². The molecule has 0 spiro atoms. The molecule has 0 aliphatic rings. The topological polar surface area (TPSA) is 66.4 Å². The fourth-order valence-corrected chi connectivity index (χ4v) is 2.16. The summed E-state index contributed by atoms with van der Waals surface area (Å²) >= 11 is 3.08. The van der Waals surface area contributed by atoms with Crippen LogP contribution in [0.4, 0.5) is 4.39 Å². The lowest BCUT2D eigenvalue weighted by atomic mass is 10.0. The largest absolute Gasteiger partial charge is 0.480 e. The van der Waals surface area contributed by atoms with E-state index in [1.807, 2.05) is 13.8 Å². The van der Waals surface area contributed by atoms with E-state index < -0.39 is 23.7 Å². The summed E-state index contributed by atoms with van der Waals surface area (Å²) < 4.78 is 13.9. The normalized spacial score (nSPS) is 12.3. The minimum absolute atomic E-state index is 0.102. The zero-order chi connectivity index (χ0) is 14.6. The Morgan fingerprint density at radius 2 is 2.05 bits per heavy atom. The first kappa shape index (κ1) is 15.6. The zero-order valence-corrected chi connectivity index (χ0v) is 12.2. The Labute approximate surface area is 119 Å². The maximum atomic E-state index is 13.6. The average molecular weight is 332 g/mol. The molecule has 1 rings (SSSR count). The number of carbonyl (C=O) groups excluding carboxylic acids is 1. The third kappa shape index (κ3) is 4.31. The van der Waals surface area contributed by atoms with Crippen molar-refractivity contribution in [3.63, 3.8) is 0 Å². The third-order valence-electron chi connectivity index (χ3n) is 2.50. The maximum absolute atomic E-state index is 13.6. The van der Waals surface area contributed by atoms with Crippen molar-refractivity contribution >= 4 is 27.8 Å². The van der Waals surface area contributed by atoms with Crippen molar-refractivity contribution in [2.75, 3.05) is 0 Å². The van der Waals surface area contributed by atoms with Crippen LogP contribution >= 0.6 is 15.9 Å². The lowest BCUT2D eigenvalue weighted by Gasteiger charge is -2.17. The first-order valence-electron chi connectivity index (χ1n) is 5.80.